The molecule has 0 unspecified atom stereocenters. The van der Waals surface area contributed by atoms with Crippen LogP contribution >= 0.6 is 15.8 Å². The van der Waals surface area contributed by atoms with Gasteiger partial charge >= 0.3 is 0 Å². The maximum absolute atomic E-state index is 10.3. The van der Waals surface area contributed by atoms with Gasteiger partial charge in [-0.2, -0.15) is 0 Å². The molecule has 2 rings (SSSR count). The van der Waals surface area contributed by atoms with E-state index in [9.17, 15) is 5.11 Å². The average molecular weight is 493 g/mol. The Hall–Kier alpha value is -0.464. The second-order valence-electron chi connectivity index (χ2n) is 9.06. The van der Waals surface area contributed by atoms with Crippen LogP contribution in [0.4, 0.5) is 0 Å². The number of para-hydroxylation sites is 1. The van der Waals surface area contributed by atoms with E-state index in [0.717, 1.165) is 22.6 Å². The second kappa shape index (κ2) is 15.4. The predicted molar refractivity (Wildman–Crippen MR) is 135 cm³/mol. The molecule has 2 aromatic rings. The minimum Gasteiger partial charge on any atom is -0.872 e. The summed E-state index contributed by atoms with van der Waals surface area (Å²) in [7, 11) is -0.724. The Kier molecular flexibility index (Phi) is 15.1. The summed E-state index contributed by atoms with van der Waals surface area (Å²) in [5.74, 6) is 0.0718. The van der Waals surface area contributed by atoms with E-state index in [2.05, 4.69) is 73.6 Å². The Morgan fingerprint density at radius 2 is 1.00 bits per heavy atom. The fourth-order valence-corrected chi connectivity index (χ4v) is 9.24. The van der Waals surface area contributed by atoms with Crippen molar-refractivity contribution in [2.75, 3.05) is 0 Å². The van der Waals surface area contributed by atoms with E-state index in [0.29, 0.717) is 0 Å². The van der Waals surface area contributed by atoms with Crippen LogP contribution in [0.5, 0.6) is 5.75 Å². The molecule has 171 valence electrons. The van der Waals surface area contributed by atoms with Gasteiger partial charge in [-0.05, 0) is 67.5 Å². The fraction of sp³-hybridized carbons (Fsp3) is 0.560. The van der Waals surface area contributed by atoms with Gasteiger partial charge in [0.2, 0.25) is 0 Å². The van der Waals surface area contributed by atoms with Crippen molar-refractivity contribution < 1.29 is 21.9 Å². The van der Waals surface area contributed by atoms with E-state index in [1.54, 1.807) is 12.1 Å². The third-order valence-electron chi connectivity index (χ3n) is 5.34. The minimum absolute atomic E-state index is 0. The summed E-state index contributed by atoms with van der Waals surface area (Å²) in [5, 5.41) is 10.3. The Balaban J connectivity index is 0.000000886. The zero-order valence-electron chi connectivity index (χ0n) is 20.0. The van der Waals surface area contributed by atoms with Crippen molar-refractivity contribution in [2.45, 2.75) is 90.3 Å². The van der Waals surface area contributed by atoms with Gasteiger partial charge in [0.25, 0.3) is 0 Å². The maximum Gasteiger partial charge on any atom is 0.0995 e. The zero-order valence-corrected chi connectivity index (χ0v) is 23.1. The minimum atomic E-state index is -0.362. The van der Waals surface area contributed by atoms with Gasteiger partial charge in [0.15, 0.2) is 0 Å². The molecule has 0 N–H and O–H groups in total. The molecule has 0 aliphatic rings. The molecule has 0 amide bonds. The van der Waals surface area contributed by atoms with Gasteiger partial charge in [-0.1, -0.05) is 36.4 Å². The fourth-order valence-electron chi connectivity index (χ4n) is 3.71. The summed E-state index contributed by atoms with van der Waals surface area (Å²) in [6, 6.07) is 15.1. The van der Waals surface area contributed by atoms with Crippen LogP contribution in [0.2, 0.25) is 0 Å². The van der Waals surface area contributed by atoms with Crippen molar-refractivity contribution in [1.29, 1.82) is 0 Å². The maximum atomic E-state index is 10.3. The molecule has 0 saturated heterocycles. The molecule has 0 saturated carbocycles. The first-order valence-electron chi connectivity index (χ1n) is 11.0. The summed E-state index contributed by atoms with van der Waals surface area (Å²) < 4.78 is 0. The van der Waals surface area contributed by atoms with Gasteiger partial charge in [-0.25, -0.2) is 0 Å². The number of pyridine rings is 1. The van der Waals surface area contributed by atoms with Gasteiger partial charge in [-0.15, -0.1) is 5.75 Å². The van der Waals surface area contributed by atoms with Gasteiger partial charge in [-0.3, -0.25) is 4.98 Å². The number of benzene rings is 1. The summed E-state index contributed by atoms with van der Waals surface area (Å²) in [4.78, 5) is 5.03. The molecule has 0 atom stereocenters. The zero-order chi connectivity index (χ0) is 22.0. The van der Waals surface area contributed by atoms with Crippen molar-refractivity contribution >= 4 is 15.8 Å². The smallest absolute Gasteiger partial charge is 0.0995 e. The van der Waals surface area contributed by atoms with Crippen LogP contribution in [0.1, 0.15) is 66.8 Å². The number of nitrogens with zero attached hydrogens (tertiary/aromatic N) is 1. The van der Waals surface area contributed by atoms with Gasteiger partial charge in [0.05, 0.1) is 46.3 Å². The van der Waals surface area contributed by atoms with Crippen LogP contribution in [0.25, 0.3) is 0 Å². The van der Waals surface area contributed by atoms with Crippen LogP contribution < -0.4 is 5.11 Å². The summed E-state index contributed by atoms with van der Waals surface area (Å²) >= 11 is 0. The third kappa shape index (κ3) is 11.2. The molecule has 1 radical (unpaired) electrons. The molecular weight excluding hydrogens is 451 g/mol. The van der Waals surface area contributed by atoms with Crippen molar-refractivity contribution in [3.05, 3.63) is 59.9 Å². The van der Waals surface area contributed by atoms with Crippen molar-refractivity contribution in [3.8, 4) is 5.75 Å². The first kappa shape index (κ1) is 29.5. The van der Waals surface area contributed by atoms with Crippen molar-refractivity contribution in [2.24, 2.45) is 0 Å². The molecule has 1 aromatic carbocycles. The Morgan fingerprint density at radius 1 is 0.633 bits per heavy atom. The third-order valence-corrected chi connectivity index (χ3v) is 12.8. The van der Waals surface area contributed by atoms with Crippen LogP contribution in [-0.2, 0) is 29.1 Å². The Morgan fingerprint density at radius 3 is 1.27 bits per heavy atom. The standard InChI is InChI=1S/C19H35NP2.C6H6O.Co/c1-14(2)21(15(3)4)12-18-10-9-11-19(20-18)13-22(16(5)6)17(7)8;7-6-4-2-1-3-5-6;/h9-11,14-17H,12-13H2,1-8H3;1-5,7H;/p+1. The molecule has 5 heteroatoms. The van der Waals surface area contributed by atoms with Gasteiger partial charge in [0, 0.05) is 32.6 Å². The predicted octanol–water partition coefficient (Wildman–Crippen LogP) is 6.90. The van der Waals surface area contributed by atoms with E-state index < -0.39 is 0 Å². The molecule has 1 aromatic heterocycles. The molecule has 0 aliphatic heterocycles. The number of hydrogen-bond acceptors (Lipinski definition) is 2. The van der Waals surface area contributed by atoms with Crippen molar-refractivity contribution in [3.63, 3.8) is 0 Å². The van der Waals surface area contributed by atoms with Gasteiger partial charge < -0.3 is 5.11 Å². The van der Waals surface area contributed by atoms with Crippen LogP contribution in [0, 0.1) is 0 Å². The van der Waals surface area contributed by atoms with E-state index >= 15 is 0 Å². The molecule has 30 heavy (non-hydrogen) atoms. The molecule has 0 bridgehead atoms. The Labute approximate surface area is 198 Å². The second-order valence-corrected chi connectivity index (χ2v) is 16.7. The number of rotatable bonds is 8. The van der Waals surface area contributed by atoms with Crippen LogP contribution in [-0.4, -0.2) is 27.6 Å². The molecule has 0 fully saturated rings. The summed E-state index contributed by atoms with van der Waals surface area (Å²) in [6.45, 7) is 19.1. The topological polar surface area (TPSA) is 36.0 Å². The van der Waals surface area contributed by atoms with E-state index in [-0.39, 0.29) is 38.4 Å². The van der Waals surface area contributed by atoms with Crippen LogP contribution in [0.3, 0.4) is 0 Å². The number of aromatic nitrogens is 1. The molecule has 2 nitrogen and oxygen atoms in total. The Bertz CT molecular complexity index is 639. The van der Waals surface area contributed by atoms with E-state index in [1.807, 2.05) is 6.07 Å². The van der Waals surface area contributed by atoms with E-state index in [4.69, 9.17) is 4.98 Å². The largest absolute Gasteiger partial charge is 0.872 e. The van der Waals surface area contributed by atoms with E-state index in [1.165, 1.54) is 35.8 Å². The SMILES string of the molecule is CC(C)[PH+](Cc1cccc(C[PH+](C(C)C)C(C)C)n1)C(C)C.[Co].[O-]c1ccccc1. The summed E-state index contributed by atoms with van der Waals surface area (Å²) in [5.41, 5.74) is 5.95. The summed E-state index contributed by atoms with van der Waals surface area (Å²) in [6.07, 6.45) is 2.44. The average Bonchev–Trinajstić information content (AvgIpc) is 2.64. The molecule has 0 aliphatic carbocycles. The van der Waals surface area contributed by atoms with Crippen LogP contribution in [0.15, 0.2) is 48.5 Å². The molecular formula is C25H42CoNOP2+. The monoisotopic (exact) mass is 493 g/mol. The number of hydrogen-bond donors (Lipinski definition) is 0. The van der Waals surface area contributed by atoms with Crippen molar-refractivity contribution in [1.82, 2.24) is 4.98 Å². The first-order valence-corrected chi connectivity index (χ1v) is 14.7. The molecule has 1 heterocycles. The van der Waals surface area contributed by atoms with Gasteiger partial charge in [0.1, 0.15) is 0 Å². The quantitative estimate of drug-likeness (QED) is 0.375. The normalized spacial score (nSPS) is 11.3. The first-order chi connectivity index (χ1) is 13.6. The molecule has 0 spiro atoms.